The highest BCUT2D eigenvalue weighted by atomic mass is 35.5. The van der Waals surface area contributed by atoms with Crippen molar-refractivity contribution >= 4 is 28.5 Å². The molecular weight excluding hydrogens is 342 g/mol. The number of hydrogen-bond acceptors (Lipinski definition) is 4. The maximum Gasteiger partial charge on any atom is 0.338 e. The Hall–Kier alpha value is -2.66. The first-order valence-electron chi connectivity index (χ1n) is 8.03. The Morgan fingerprint density at radius 3 is 2.96 bits per heavy atom. The summed E-state index contributed by atoms with van der Waals surface area (Å²) in [5.74, 6) is 0.861. The van der Waals surface area contributed by atoms with Crippen LogP contribution in [0.1, 0.15) is 22.3 Å². The second-order valence-electron chi connectivity index (χ2n) is 5.81. The third-order valence-corrected chi connectivity index (χ3v) is 4.40. The molecule has 1 aliphatic heterocycles. The van der Waals surface area contributed by atoms with E-state index >= 15 is 0 Å². The van der Waals surface area contributed by atoms with Gasteiger partial charge in [-0.05, 0) is 54.8 Å². The summed E-state index contributed by atoms with van der Waals surface area (Å²) in [5, 5.41) is 1.82. The van der Waals surface area contributed by atoms with Crippen LogP contribution in [0.4, 0.5) is 0 Å². The predicted molar refractivity (Wildman–Crippen MR) is 94.5 cm³/mol. The first-order chi connectivity index (χ1) is 12.2. The van der Waals surface area contributed by atoms with E-state index in [1.807, 2.05) is 24.4 Å². The summed E-state index contributed by atoms with van der Waals surface area (Å²) >= 11 is 6.06. The molecule has 0 aliphatic carbocycles. The number of ether oxygens (including phenoxy) is 3. The SMILES string of the molecule is O=C(OCCCc1c[nH]c2ccc(Cl)cc12)c1ccc2c(c1)OCO2. The van der Waals surface area contributed by atoms with Gasteiger partial charge in [-0.25, -0.2) is 4.79 Å². The Morgan fingerprint density at radius 1 is 1.16 bits per heavy atom. The summed E-state index contributed by atoms with van der Waals surface area (Å²) in [7, 11) is 0. The van der Waals surface area contributed by atoms with Gasteiger partial charge in [0.1, 0.15) is 0 Å². The molecule has 1 aromatic heterocycles. The molecule has 0 bridgehead atoms. The number of aromatic amines is 1. The minimum Gasteiger partial charge on any atom is -0.462 e. The lowest BCUT2D eigenvalue weighted by Gasteiger charge is -2.05. The Labute approximate surface area is 149 Å². The van der Waals surface area contributed by atoms with Crippen LogP contribution >= 0.6 is 11.6 Å². The predicted octanol–water partition coefficient (Wildman–Crippen LogP) is 4.34. The summed E-state index contributed by atoms with van der Waals surface area (Å²) in [6, 6.07) is 10.8. The Morgan fingerprint density at radius 2 is 2.04 bits per heavy atom. The lowest BCUT2D eigenvalue weighted by molar-refractivity contribution is 0.0500. The average molecular weight is 358 g/mol. The van der Waals surface area contributed by atoms with Crippen LogP contribution in [-0.4, -0.2) is 24.4 Å². The molecule has 3 aromatic rings. The minimum absolute atomic E-state index is 0.183. The lowest BCUT2D eigenvalue weighted by Crippen LogP contribution is -2.07. The highest BCUT2D eigenvalue weighted by molar-refractivity contribution is 6.31. The number of benzene rings is 2. The van der Waals surface area contributed by atoms with Crippen molar-refractivity contribution < 1.29 is 19.0 Å². The van der Waals surface area contributed by atoms with Crippen molar-refractivity contribution in [1.82, 2.24) is 4.98 Å². The fraction of sp³-hybridized carbons (Fsp3) is 0.211. The van der Waals surface area contributed by atoms with E-state index in [2.05, 4.69) is 4.98 Å². The number of carbonyl (C=O) groups is 1. The molecule has 5 nitrogen and oxygen atoms in total. The molecule has 2 aromatic carbocycles. The number of H-pyrrole nitrogens is 1. The second-order valence-corrected chi connectivity index (χ2v) is 6.25. The van der Waals surface area contributed by atoms with Gasteiger partial charge in [-0.15, -0.1) is 0 Å². The second kappa shape index (κ2) is 6.69. The van der Waals surface area contributed by atoms with E-state index in [1.165, 1.54) is 0 Å². The van der Waals surface area contributed by atoms with Gasteiger partial charge in [0.25, 0.3) is 0 Å². The van der Waals surface area contributed by atoms with Gasteiger partial charge in [0.05, 0.1) is 12.2 Å². The first-order valence-corrected chi connectivity index (χ1v) is 8.41. The Bertz CT molecular complexity index is 934. The molecule has 1 N–H and O–H groups in total. The number of aryl methyl sites for hydroxylation is 1. The van der Waals surface area contributed by atoms with Crippen molar-refractivity contribution in [1.29, 1.82) is 0 Å². The number of rotatable bonds is 5. The molecule has 0 spiro atoms. The molecule has 1 aliphatic rings. The first kappa shape index (κ1) is 15.8. The maximum atomic E-state index is 12.1. The number of aromatic nitrogens is 1. The van der Waals surface area contributed by atoms with Crippen LogP contribution in [0.25, 0.3) is 10.9 Å². The molecule has 2 heterocycles. The number of halogens is 1. The van der Waals surface area contributed by atoms with Gasteiger partial charge in [0, 0.05) is 22.1 Å². The number of fused-ring (bicyclic) bond motifs is 2. The normalized spacial score (nSPS) is 12.5. The quantitative estimate of drug-likeness (QED) is 0.545. The van der Waals surface area contributed by atoms with E-state index in [0.717, 1.165) is 29.3 Å². The molecule has 0 amide bonds. The van der Waals surface area contributed by atoms with Crippen molar-refractivity contribution in [3.8, 4) is 11.5 Å². The fourth-order valence-electron chi connectivity index (χ4n) is 2.89. The van der Waals surface area contributed by atoms with Crippen LogP contribution in [0.5, 0.6) is 11.5 Å². The van der Waals surface area contributed by atoms with Gasteiger partial charge in [0.15, 0.2) is 11.5 Å². The van der Waals surface area contributed by atoms with Gasteiger partial charge in [-0.2, -0.15) is 0 Å². The van der Waals surface area contributed by atoms with Gasteiger partial charge in [-0.1, -0.05) is 11.6 Å². The molecule has 6 heteroatoms. The summed E-state index contributed by atoms with van der Waals surface area (Å²) in [6.07, 6.45) is 3.51. The van der Waals surface area contributed by atoms with E-state index in [-0.39, 0.29) is 12.8 Å². The average Bonchev–Trinajstić information content (AvgIpc) is 3.24. The number of nitrogens with one attached hydrogen (secondary N) is 1. The largest absolute Gasteiger partial charge is 0.462 e. The van der Waals surface area contributed by atoms with Crippen LogP contribution in [0, 0.1) is 0 Å². The smallest absolute Gasteiger partial charge is 0.338 e. The van der Waals surface area contributed by atoms with Crippen LogP contribution < -0.4 is 9.47 Å². The Balaban J connectivity index is 1.33. The zero-order valence-electron chi connectivity index (χ0n) is 13.4. The van der Waals surface area contributed by atoms with Crippen molar-refractivity contribution in [2.75, 3.05) is 13.4 Å². The van der Waals surface area contributed by atoms with Crippen molar-refractivity contribution in [2.24, 2.45) is 0 Å². The van der Waals surface area contributed by atoms with E-state index in [0.29, 0.717) is 28.7 Å². The maximum absolute atomic E-state index is 12.1. The van der Waals surface area contributed by atoms with Crippen LogP contribution in [0.15, 0.2) is 42.6 Å². The van der Waals surface area contributed by atoms with Gasteiger partial charge in [0.2, 0.25) is 6.79 Å². The molecule has 0 saturated heterocycles. The van der Waals surface area contributed by atoms with Crippen molar-refractivity contribution in [2.45, 2.75) is 12.8 Å². The minimum atomic E-state index is -0.361. The topological polar surface area (TPSA) is 60.6 Å². The molecule has 0 atom stereocenters. The number of hydrogen-bond donors (Lipinski definition) is 1. The summed E-state index contributed by atoms with van der Waals surface area (Å²) in [5.41, 5.74) is 2.68. The van der Waals surface area contributed by atoms with Crippen LogP contribution in [0.3, 0.4) is 0 Å². The van der Waals surface area contributed by atoms with E-state index in [9.17, 15) is 4.79 Å². The standard InChI is InChI=1S/C19H16ClNO4/c20-14-4-5-16-15(9-14)13(10-21-16)2-1-7-23-19(22)12-3-6-17-18(8-12)25-11-24-17/h3-6,8-10,21H,1-2,7,11H2. The zero-order valence-corrected chi connectivity index (χ0v) is 14.1. The van der Waals surface area contributed by atoms with Gasteiger partial charge in [-0.3, -0.25) is 0 Å². The molecule has 0 radical (unpaired) electrons. The summed E-state index contributed by atoms with van der Waals surface area (Å²) in [6.45, 7) is 0.531. The Kier molecular flexibility index (Phi) is 4.24. The molecular formula is C19H16ClNO4. The third kappa shape index (κ3) is 3.28. The van der Waals surface area contributed by atoms with Crippen molar-refractivity contribution in [3.63, 3.8) is 0 Å². The molecule has 0 unspecified atom stereocenters. The van der Waals surface area contributed by atoms with Gasteiger partial charge < -0.3 is 19.2 Å². The monoisotopic (exact) mass is 357 g/mol. The van der Waals surface area contributed by atoms with Crippen LogP contribution in [0.2, 0.25) is 5.02 Å². The third-order valence-electron chi connectivity index (χ3n) is 4.16. The van der Waals surface area contributed by atoms with E-state index < -0.39 is 0 Å². The zero-order chi connectivity index (χ0) is 17.2. The van der Waals surface area contributed by atoms with E-state index in [1.54, 1.807) is 18.2 Å². The fourth-order valence-corrected chi connectivity index (χ4v) is 3.06. The molecule has 0 fully saturated rings. The molecule has 4 rings (SSSR count). The van der Waals surface area contributed by atoms with E-state index in [4.69, 9.17) is 25.8 Å². The summed E-state index contributed by atoms with van der Waals surface area (Å²) in [4.78, 5) is 15.3. The van der Waals surface area contributed by atoms with Gasteiger partial charge >= 0.3 is 5.97 Å². The number of esters is 1. The van der Waals surface area contributed by atoms with Crippen LogP contribution in [-0.2, 0) is 11.2 Å². The molecule has 25 heavy (non-hydrogen) atoms. The number of carbonyl (C=O) groups excluding carboxylic acids is 1. The molecule has 128 valence electrons. The lowest BCUT2D eigenvalue weighted by atomic mass is 10.1. The highest BCUT2D eigenvalue weighted by Gasteiger charge is 2.16. The molecule has 0 saturated carbocycles. The summed E-state index contributed by atoms with van der Waals surface area (Å²) < 4.78 is 15.9. The van der Waals surface area contributed by atoms with Crippen molar-refractivity contribution in [3.05, 3.63) is 58.7 Å². The highest BCUT2D eigenvalue weighted by Crippen LogP contribution is 2.32.